The van der Waals surface area contributed by atoms with Gasteiger partial charge in [-0.25, -0.2) is 4.98 Å². The van der Waals surface area contributed by atoms with Gasteiger partial charge in [-0.1, -0.05) is 29.5 Å². The van der Waals surface area contributed by atoms with Gasteiger partial charge in [-0.3, -0.25) is 9.36 Å². The molecule has 0 atom stereocenters. The predicted molar refractivity (Wildman–Crippen MR) is 141 cm³/mol. The van der Waals surface area contributed by atoms with Crippen molar-refractivity contribution in [2.75, 3.05) is 43.4 Å². The smallest absolute Gasteiger partial charge is 0.267 e. The highest BCUT2D eigenvalue weighted by molar-refractivity contribution is 5.77. The first-order valence-electron chi connectivity index (χ1n) is 11.7. The van der Waals surface area contributed by atoms with Crippen molar-refractivity contribution in [1.82, 2.24) is 19.4 Å². The van der Waals surface area contributed by atoms with Crippen molar-refractivity contribution in [1.29, 1.82) is 0 Å². The first-order valence-corrected chi connectivity index (χ1v) is 11.7. The number of hydrogen-bond acceptors (Lipinski definition) is 6. The predicted octanol–water partition coefficient (Wildman–Crippen LogP) is 3.53. The molecule has 3 heterocycles. The minimum absolute atomic E-state index is 0.182. The number of benzene rings is 2. The number of aromatic nitrogens is 3. The number of aryl methyl sites for hydroxylation is 2. The molecule has 0 radical (unpaired) electrons. The molecule has 176 valence electrons. The number of nitrogens with one attached hydrogen (secondary N) is 1. The highest BCUT2D eigenvalue weighted by Gasteiger charge is 2.14. The molecule has 4 aromatic rings. The number of pyridine rings is 1. The first kappa shape index (κ1) is 22.6. The molecule has 1 saturated heterocycles. The highest BCUT2D eigenvalue weighted by atomic mass is 16.1. The molecule has 0 bridgehead atoms. The molecule has 1 aliphatic heterocycles. The molecule has 1 N–H and O–H groups in total. The average Bonchev–Trinajstić information content (AvgIpc) is 2.88. The quantitative estimate of drug-likeness (QED) is 0.468. The van der Waals surface area contributed by atoms with Crippen LogP contribution in [0.4, 0.5) is 17.3 Å². The number of fused-ring (bicyclic) bond motifs is 1. The van der Waals surface area contributed by atoms with Crippen LogP contribution >= 0.6 is 0 Å². The highest BCUT2D eigenvalue weighted by Crippen LogP contribution is 2.21. The summed E-state index contributed by atoms with van der Waals surface area (Å²) in [5.74, 6) is 6.53. The lowest BCUT2D eigenvalue weighted by Crippen LogP contribution is -2.44. The van der Waals surface area contributed by atoms with Gasteiger partial charge in [0, 0.05) is 61.7 Å². The topological polar surface area (TPSA) is 66.3 Å². The van der Waals surface area contributed by atoms with E-state index in [2.05, 4.69) is 56.1 Å². The van der Waals surface area contributed by atoms with Crippen molar-refractivity contribution >= 4 is 28.4 Å². The Kier molecular flexibility index (Phi) is 6.21. The Balaban J connectivity index is 1.36. The van der Waals surface area contributed by atoms with Gasteiger partial charge in [0.05, 0.1) is 5.56 Å². The van der Waals surface area contributed by atoms with Gasteiger partial charge in [0.15, 0.2) is 0 Å². The third-order valence-electron chi connectivity index (χ3n) is 6.33. The van der Waals surface area contributed by atoms with Crippen molar-refractivity contribution in [2.45, 2.75) is 6.92 Å². The van der Waals surface area contributed by atoms with Crippen LogP contribution in [-0.2, 0) is 7.05 Å². The Morgan fingerprint density at radius 2 is 1.63 bits per heavy atom. The largest absolute Gasteiger partial charge is 0.369 e. The van der Waals surface area contributed by atoms with Crippen LogP contribution in [0.25, 0.3) is 11.0 Å². The molecule has 2 aromatic heterocycles. The molecule has 0 amide bonds. The van der Waals surface area contributed by atoms with Crippen molar-refractivity contribution in [3.63, 3.8) is 0 Å². The van der Waals surface area contributed by atoms with Crippen LogP contribution in [0.3, 0.4) is 0 Å². The SMILES string of the molecule is Cc1ccc(C#Cc2cc3cnc(Nc4ccc(N5CCN(C)CC5)cc4)nc3n(C)c2=O)cc1. The van der Waals surface area contributed by atoms with Gasteiger partial charge in [-0.05, 0) is 56.4 Å². The Morgan fingerprint density at radius 1 is 0.914 bits per heavy atom. The molecule has 0 saturated carbocycles. The van der Waals surface area contributed by atoms with Crippen LogP contribution in [0.15, 0.2) is 65.6 Å². The Morgan fingerprint density at radius 3 is 2.34 bits per heavy atom. The van der Waals surface area contributed by atoms with Crippen molar-refractivity contribution in [3.8, 4) is 11.8 Å². The number of likely N-dealkylation sites (N-methyl/N-ethyl adjacent to an activating group) is 1. The van der Waals surface area contributed by atoms with Crippen molar-refractivity contribution < 1.29 is 0 Å². The number of nitrogens with zero attached hydrogens (tertiary/aromatic N) is 5. The fraction of sp³-hybridized carbons (Fsp3) is 0.250. The lowest BCUT2D eigenvalue weighted by atomic mass is 10.1. The van der Waals surface area contributed by atoms with Gasteiger partial charge in [-0.2, -0.15) is 4.98 Å². The van der Waals surface area contributed by atoms with E-state index in [1.807, 2.05) is 43.3 Å². The van der Waals surface area contributed by atoms with Gasteiger partial charge >= 0.3 is 0 Å². The second-order valence-corrected chi connectivity index (χ2v) is 8.97. The summed E-state index contributed by atoms with van der Waals surface area (Å²) in [5, 5.41) is 4.01. The fourth-order valence-corrected chi connectivity index (χ4v) is 4.12. The molecule has 2 aromatic carbocycles. The van der Waals surface area contributed by atoms with E-state index in [4.69, 9.17) is 0 Å². The van der Waals surface area contributed by atoms with Crippen molar-refractivity contribution in [2.24, 2.45) is 7.05 Å². The van der Waals surface area contributed by atoms with E-state index in [1.54, 1.807) is 19.3 Å². The standard InChI is InChI=1S/C28H28N6O/c1-20-4-6-21(7-5-20)8-9-22-18-23-19-29-28(31-26(23)33(3)27(22)35)30-24-10-12-25(13-11-24)34-16-14-32(2)15-17-34/h4-7,10-13,18-19H,14-17H2,1-3H3,(H,29,30,31). The summed E-state index contributed by atoms with van der Waals surface area (Å²) in [4.78, 5) is 26.7. The molecule has 0 aliphatic carbocycles. The fourth-order valence-electron chi connectivity index (χ4n) is 4.12. The number of hydrogen-bond donors (Lipinski definition) is 1. The first-order chi connectivity index (χ1) is 17.0. The second kappa shape index (κ2) is 9.61. The van der Waals surface area contributed by atoms with E-state index in [1.165, 1.54) is 15.8 Å². The third kappa shape index (κ3) is 5.03. The maximum atomic E-state index is 12.9. The molecule has 1 aliphatic rings. The van der Waals surface area contributed by atoms with Crippen molar-refractivity contribution in [3.05, 3.63) is 87.8 Å². The van der Waals surface area contributed by atoms with E-state index in [0.717, 1.165) is 42.8 Å². The average molecular weight is 465 g/mol. The van der Waals surface area contributed by atoms with Crippen LogP contribution in [0.5, 0.6) is 0 Å². The minimum atomic E-state index is -0.182. The van der Waals surface area contributed by atoms with E-state index >= 15 is 0 Å². The summed E-state index contributed by atoms with van der Waals surface area (Å²) in [6, 6.07) is 18.0. The zero-order chi connectivity index (χ0) is 24.4. The van der Waals surface area contributed by atoms with E-state index in [9.17, 15) is 4.79 Å². The van der Waals surface area contributed by atoms with Gasteiger partial charge in [-0.15, -0.1) is 0 Å². The monoisotopic (exact) mass is 464 g/mol. The molecule has 35 heavy (non-hydrogen) atoms. The van der Waals surface area contributed by atoms with Crippen LogP contribution < -0.4 is 15.8 Å². The van der Waals surface area contributed by atoms with E-state index < -0.39 is 0 Å². The maximum Gasteiger partial charge on any atom is 0.267 e. The minimum Gasteiger partial charge on any atom is -0.369 e. The summed E-state index contributed by atoms with van der Waals surface area (Å²) in [5.41, 5.74) is 4.94. The lowest BCUT2D eigenvalue weighted by Gasteiger charge is -2.34. The lowest BCUT2D eigenvalue weighted by molar-refractivity contribution is 0.313. The van der Waals surface area contributed by atoms with Crippen LogP contribution in [0, 0.1) is 18.8 Å². The molecule has 0 unspecified atom stereocenters. The Labute approximate surface area is 205 Å². The van der Waals surface area contributed by atoms with Gasteiger partial charge in [0.25, 0.3) is 5.56 Å². The molecule has 0 spiro atoms. The van der Waals surface area contributed by atoms with Gasteiger partial charge < -0.3 is 15.1 Å². The molecule has 7 heteroatoms. The summed E-state index contributed by atoms with van der Waals surface area (Å²) >= 11 is 0. The Bertz CT molecular complexity index is 1470. The van der Waals surface area contributed by atoms with Gasteiger partial charge in [0.1, 0.15) is 5.65 Å². The summed E-state index contributed by atoms with van der Waals surface area (Å²) in [7, 11) is 3.87. The molecular formula is C28H28N6O. The van der Waals surface area contributed by atoms with Crippen LogP contribution in [-0.4, -0.2) is 52.7 Å². The summed E-state index contributed by atoms with van der Waals surface area (Å²) < 4.78 is 1.53. The normalized spacial score (nSPS) is 14.0. The molecule has 5 rings (SSSR count). The molecule has 7 nitrogen and oxygen atoms in total. The second-order valence-electron chi connectivity index (χ2n) is 8.97. The van der Waals surface area contributed by atoms with Gasteiger partial charge in [0.2, 0.25) is 5.95 Å². The maximum absolute atomic E-state index is 12.9. The third-order valence-corrected chi connectivity index (χ3v) is 6.33. The molecular weight excluding hydrogens is 436 g/mol. The van der Waals surface area contributed by atoms with E-state index in [-0.39, 0.29) is 5.56 Å². The zero-order valence-corrected chi connectivity index (χ0v) is 20.2. The van der Waals surface area contributed by atoms with E-state index in [0.29, 0.717) is 17.2 Å². The molecule has 1 fully saturated rings. The number of piperazine rings is 1. The number of anilines is 3. The van der Waals surface area contributed by atoms with Crippen LogP contribution in [0.1, 0.15) is 16.7 Å². The summed E-state index contributed by atoms with van der Waals surface area (Å²) in [6.45, 7) is 6.24. The zero-order valence-electron chi connectivity index (χ0n) is 20.2. The Hall–Kier alpha value is -4.15. The summed E-state index contributed by atoms with van der Waals surface area (Å²) in [6.07, 6.45) is 1.72. The van der Waals surface area contributed by atoms with Crippen LogP contribution in [0.2, 0.25) is 0 Å². The number of rotatable bonds is 3.